The van der Waals surface area contributed by atoms with Crippen molar-refractivity contribution in [2.45, 2.75) is 45.3 Å². The van der Waals surface area contributed by atoms with Gasteiger partial charge in [0.1, 0.15) is 5.75 Å². The van der Waals surface area contributed by atoms with Gasteiger partial charge in [0, 0.05) is 12.0 Å². The molecular formula is C16H21N3O2. The van der Waals surface area contributed by atoms with E-state index < -0.39 is 0 Å². The Morgan fingerprint density at radius 3 is 3.00 bits per heavy atom. The maximum absolute atomic E-state index is 5.91. The molecule has 0 bridgehead atoms. The van der Waals surface area contributed by atoms with Crippen molar-refractivity contribution in [2.75, 3.05) is 7.05 Å². The molecule has 0 aliphatic heterocycles. The average molecular weight is 287 g/mol. The number of hydrogen-bond donors (Lipinski definition) is 1. The number of rotatable bonds is 5. The summed E-state index contributed by atoms with van der Waals surface area (Å²) in [6.07, 6.45) is 2.16. The molecule has 1 aliphatic rings. The molecule has 3 rings (SSSR count). The summed E-state index contributed by atoms with van der Waals surface area (Å²) in [6, 6.07) is 6.66. The molecule has 1 atom stereocenters. The van der Waals surface area contributed by atoms with Gasteiger partial charge in [-0.15, -0.1) is 0 Å². The van der Waals surface area contributed by atoms with Gasteiger partial charge < -0.3 is 14.6 Å². The van der Waals surface area contributed by atoms with Crippen LogP contribution in [0, 0.1) is 0 Å². The number of nitrogens with zero attached hydrogens (tertiary/aromatic N) is 2. The largest absolute Gasteiger partial charge is 0.485 e. The third-order valence-electron chi connectivity index (χ3n) is 3.91. The van der Waals surface area contributed by atoms with Gasteiger partial charge in [-0.25, -0.2) is 0 Å². The van der Waals surface area contributed by atoms with Gasteiger partial charge in [0.15, 0.2) is 6.61 Å². The second-order valence-corrected chi connectivity index (χ2v) is 5.70. The lowest BCUT2D eigenvalue weighted by molar-refractivity contribution is 0.282. The molecule has 0 fully saturated rings. The second kappa shape index (κ2) is 5.85. The SMILES string of the molecule is CNC1CCc2c(OCc3noc(C(C)C)n3)cccc21. The highest BCUT2D eigenvalue weighted by Gasteiger charge is 2.24. The van der Waals surface area contributed by atoms with Crippen LogP contribution in [-0.2, 0) is 13.0 Å². The van der Waals surface area contributed by atoms with Crippen LogP contribution in [0.25, 0.3) is 0 Å². The Hall–Kier alpha value is -1.88. The van der Waals surface area contributed by atoms with Gasteiger partial charge in [-0.1, -0.05) is 31.1 Å². The molecule has 0 radical (unpaired) electrons. The summed E-state index contributed by atoms with van der Waals surface area (Å²) in [5.41, 5.74) is 2.63. The van der Waals surface area contributed by atoms with E-state index in [2.05, 4.69) is 21.5 Å². The lowest BCUT2D eigenvalue weighted by Crippen LogP contribution is -2.12. The van der Waals surface area contributed by atoms with Gasteiger partial charge in [-0.2, -0.15) is 4.98 Å². The molecule has 0 saturated carbocycles. The first-order valence-corrected chi connectivity index (χ1v) is 7.43. The summed E-state index contributed by atoms with van der Waals surface area (Å²) in [5.74, 6) is 2.42. The number of benzene rings is 1. The lowest BCUT2D eigenvalue weighted by Gasteiger charge is -2.12. The summed E-state index contributed by atoms with van der Waals surface area (Å²) < 4.78 is 11.1. The first kappa shape index (κ1) is 14.1. The zero-order chi connectivity index (χ0) is 14.8. The van der Waals surface area contributed by atoms with Crippen LogP contribution in [0.15, 0.2) is 22.7 Å². The van der Waals surface area contributed by atoms with Gasteiger partial charge >= 0.3 is 0 Å². The Bertz CT molecular complexity index is 622. The Kier molecular flexibility index (Phi) is 3.92. The predicted octanol–water partition coefficient (Wildman–Crippen LogP) is 2.98. The highest BCUT2D eigenvalue weighted by Crippen LogP contribution is 2.36. The van der Waals surface area contributed by atoms with Crippen molar-refractivity contribution >= 4 is 0 Å². The monoisotopic (exact) mass is 287 g/mol. The van der Waals surface area contributed by atoms with Crippen LogP contribution in [0.2, 0.25) is 0 Å². The van der Waals surface area contributed by atoms with Crippen LogP contribution in [0.3, 0.4) is 0 Å². The maximum Gasteiger partial charge on any atom is 0.229 e. The van der Waals surface area contributed by atoms with E-state index >= 15 is 0 Å². The van der Waals surface area contributed by atoms with E-state index in [9.17, 15) is 0 Å². The van der Waals surface area contributed by atoms with Crippen molar-refractivity contribution in [1.82, 2.24) is 15.5 Å². The Balaban J connectivity index is 1.72. The third-order valence-corrected chi connectivity index (χ3v) is 3.91. The van der Waals surface area contributed by atoms with E-state index in [-0.39, 0.29) is 5.92 Å². The fourth-order valence-electron chi connectivity index (χ4n) is 2.76. The van der Waals surface area contributed by atoms with Crippen LogP contribution < -0.4 is 10.1 Å². The Morgan fingerprint density at radius 1 is 1.43 bits per heavy atom. The van der Waals surface area contributed by atoms with Crippen molar-refractivity contribution in [3.63, 3.8) is 0 Å². The molecule has 0 amide bonds. The third kappa shape index (κ3) is 2.78. The number of ether oxygens (including phenoxy) is 1. The first-order chi connectivity index (χ1) is 10.2. The van der Waals surface area contributed by atoms with E-state index in [0.29, 0.717) is 24.4 Å². The minimum atomic E-state index is 0.239. The average Bonchev–Trinajstić information content (AvgIpc) is 3.11. The highest BCUT2D eigenvalue weighted by atomic mass is 16.5. The van der Waals surface area contributed by atoms with Gasteiger partial charge in [0.25, 0.3) is 0 Å². The van der Waals surface area contributed by atoms with Crippen molar-refractivity contribution < 1.29 is 9.26 Å². The van der Waals surface area contributed by atoms with Crippen molar-refractivity contribution in [2.24, 2.45) is 0 Å². The van der Waals surface area contributed by atoms with Gasteiger partial charge in [0.2, 0.25) is 11.7 Å². The van der Waals surface area contributed by atoms with E-state index in [0.717, 1.165) is 18.6 Å². The summed E-state index contributed by atoms with van der Waals surface area (Å²) in [4.78, 5) is 4.33. The van der Waals surface area contributed by atoms with Gasteiger partial charge in [0.05, 0.1) is 0 Å². The second-order valence-electron chi connectivity index (χ2n) is 5.70. The highest BCUT2D eigenvalue weighted by molar-refractivity contribution is 5.45. The fourth-order valence-corrected chi connectivity index (χ4v) is 2.76. The number of hydrogen-bond acceptors (Lipinski definition) is 5. The van der Waals surface area contributed by atoms with E-state index in [1.165, 1.54) is 11.1 Å². The van der Waals surface area contributed by atoms with Crippen molar-refractivity contribution in [3.8, 4) is 5.75 Å². The van der Waals surface area contributed by atoms with E-state index in [4.69, 9.17) is 9.26 Å². The quantitative estimate of drug-likeness (QED) is 0.916. The summed E-state index contributed by atoms with van der Waals surface area (Å²) in [5, 5.41) is 7.30. The van der Waals surface area contributed by atoms with Crippen LogP contribution in [0.1, 0.15) is 55.1 Å². The minimum Gasteiger partial charge on any atom is -0.485 e. The van der Waals surface area contributed by atoms with E-state index in [1.807, 2.05) is 33.0 Å². The molecule has 21 heavy (non-hydrogen) atoms. The van der Waals surface area contributed by atoms with Crippen LogP contribution >= 0.6 is 0 Å². The van der Waals surface area contributed by atoms with E-state index in [1.54, 1.807) is 0 Å². The van der Waals surface area contributed by atoms with Crippen LogP contribution in [0.5, 0.6) is 5.75 Å². The molecule has 5 heteroatoms. The molecule has 1 aliphatic carbocycles. The van der Waals surface area contributed by atoms with Crippen LogP contribution in [-0.4, -0.2) is 17.2 Å². The number of nitrogens with one attached hydrogen (secondary N) is 1. The maximum atomic E-state index is 5.91. The summed E-state index contributed by atoms with van der Waals surface area (Å²) in [7, 11) is 2.00. The summed E-state index contributed by atoms with van der Waals surface area (Å²) in [6.45, 7) is 4.40. The van der Waals surface area contributed by atoms with Gasteiger partial charge in [-0.05, 0) is 37.1 Å². The van der Waals surface area contributed by atoms with Crippen molar-refractivity contribution in [3.05, 3.63) is 41.0 Å². The molecule has 1 unspecified atom stereocenters. The molecule has 1 aromatic carbocycles. The fraction of sp³-hybridized carbons (Fsp3) is 0.500. The standard InChI is InChI=1S/C16H21N3O2/c1-10(2)16-18-15(19-21-16)9-20-14-6-4-5-11-12(14)7-8-13(11)17-3/h4-6,10,13,17H,7-9H2,1-3H3. The van der Waals surface area contributed by atoms with Crippen LogP contribution in [0.4, 0.5) is 0 Å². The number of fused-ring (bicyclic) bond motifs is 1. The lowest BCUT2D eigenvalue weighted by atomic mass is 10.1. The smallest absolute Gasteiger partial charge is 0.229 e. The zero-order valence-corrected chi connectivity index (χ0v) is 12.7. The van der Waals surface area contributed by atoms with Gasteiger partial charge in [-0.3, -0.25) is 0 Å². The molecule has 0 spiro atoms. The molecule has 1 N–H and O–H groups in total. The minimum absolute atomic E-state index is 0.239. The molecule has 0 saturated heterocycles. The van der Waals surface area contributed by atoms with Crippen molar-refractivity contribution in [1.29, 1.82) is 0 Å². The Morgan fingerprint density at radius 2 is 2.29 bits per heavy atom. The topological polar surface area (TPSA) is 60.2 Å². The molecule has 5 nitrogen and oxygen atoms in total. The first-order valence-electron chi connectivity index (χ1n) is 7.43. The molecule has 2 aromatic rings. The normalized spacial score (nSPS) is 17.2. The summed E-state index contributed by atoms with van der Waals surface area (Å²) >= 11 is 0. The predicted molar refractivity (Wildman–Crippen MR) is 79.3 cm³/mol. The molecular weight excluding hydrogens is 266 g/mol. The molecule has 112 valence electrons. The zero-order valence-electron chi connectivity index (χ0n) is 12.7. The molecule has 1 heterocycles. The Labute approximate surface area is 124 Å². The molecule has 1 aromatic heterocycles. The number of aromatic nitrogens is 2.